The topological polar surface area (TPSA) is 135 Å². The first kappa shape index (κ1) is 47.9. The summed E-state index contributed by atoms with van der Waals surface area (Å²) in [6, 6.07) is 50.9. The van der Waals surface area contributed by atoms with Crippen LogP contribution in [0.15, 0.2) is 170 Å². The number of aromatic nitrogens is 4. The van der Waals surface area contributed by atoms with Gasteiger partial charge in [0.2, 0.25) is 0 Å². The summed E-state index contributed by atoms with van der Waals surface area (Å²) < 4.78 is 33.2. The summed E-state index contributed by atoms with van der Waals surface area (Å²) in [5, 5.41) is 0.422. The van der Waals surface area contributed by atoms with Gasteiger partial charge in [0.25, 0.3) is 0 Å². The summed E-state index contributed by atoms with van der Waals surface area (Å²) in [6.45, 7) is 1.03. The Morgan fingerprint density at radius 3 is 1.44 bits per heavy atom. The predicted molar refractivity (Wildman–Crippen MR) is 246 cm³/mol. The lowest BCUT2D eigenvalue weighted by atomic mass is 10.1. The van der Waals surface area contributed by atoms with E-state index < -0.39 is 0 Å². The molecule has 6 aromatic carbocycles. The number of rotatable bonds is 14. The molecule has 2 heterocycles. The molecule has 11 nitrogen and oxygen atoms in total. The number of benzene rings is 6. The molecule has 8 aromatic rings. The van der Waals surface area contributed by atoms with Crippen LogP contribution in [0.25, 0.3) is 22.5 Å². The Labute approximate surface area is 385 Å². The molecule has 0 unspecified atom stereocenters. The molecule has 0 aliphatic rings. The van der Waals surface area contributed by atoms with Gasteiger partial charge in [0.1, 0.15) is 48.2 Å². The highest BCUT2D eigenvalue weighted by molar-refractivity contribution is 6.29. The molecule has 0 spiro atoms. The first-order valence-corrected chi connectivity index (χ1v) is 20.3. The monoisotopic (exact) mass is 897 g/mol. The van der Waals surface area contributed by atoms with Gasteiger partial charge in [-0.25, -0.2) is 19.9 Å². The molecule has 64 heavy (non-hydrogen) atoms. The zero-order valence-corrected chi connectivity index (χ0v) is 37.5. The predicted octanol–water partition coefficient (Wildman–Crippen LogP) is 7.29. The van der Waals surface area contributed by atoms with Crippen molar-refractivity contribution >= 4 is 17.3 Å². The van der Waals surface area contributed by atoms with Crippen LogP contribution < -0.4 is 46.6 Å². The molecule has 8 rings (SSSR count). The molecule has 328 valence electrons. The standard InChI is InChI=1S/C26H24N2O3.C14H15NO2.C11H9ClN2O.ClH/c1-29-24-11-7-6-10-22(24)23-16-21(27-18-28-23)14-20-12-13-25(26(15-20)30-2)31-17-19-8-4-3-5-9-19;1-16-14-9-12(15)7-8-13(14)17-10-11-5-3-2-4-6-11;1-15-10-5-3-2-4-8(10)9-6-11(12)14-7-13-9;/h3-13,15-16,18H,14,17H2,1-2H3;2-9H,10,15H2,1H3;2-7H,1H3;1H. The zero-order valence-electron chi connectivity index (χ0n) is 36.0. The Bertz CT molecular complexity index is 2660. The van der Waals surface area contributed by atoms with Gasteiger partial charge in [0.15, 0.2) is 23.0 Å². The van der Waals surface area contributed by atoms with Gasteiger partial charge in [-0.15, -0.1) is 0 Å². The average Bonchev–Trinajstić information content (AvgIpc) is 3.34. The van der Waals surface area contributed by atoms with E-state index in [0.717, 1.165) is 67.8 Å². The Balaban J connectivity index is 0.000000197. The minimum atomic E-state index is 0. The number of quaternary nitrogens is 1. The molecule has 3 N–H and O–H groups in total. The minimum absolute atomic E-state index is 0. The van der Waals surface area contributed by atoms with Crippen molar-refractivity contribution in [2.75, 3.05) is 28.4 Å². The molecule has 0 aliphatic heterocycles. The second-order valence-corrected chi connectivity index (χ2v) is 14.1. The van der Waals surface area contributed by atoms with Crippen LogP contribution in [0.2, 0.25) is 5.15 Å². The molecule has 0 bridgehead atoms. The van der Waals surface area contributed by atoms with Crippen molar-refractivity contribution in [3.05, 3.63) is 198 Å². The molecule has 13 heteroatoms. The molecule has 0 saturated carbocycles. The Morgan fingerprint density at radius 1 is 0.438 bits per heavy atom. The Hall–Kier alpha value is -7.18. The van der Waals surface area contributed by atoms with E-state index >= 15 is 0 Å². The molecule has 2 aromatic heterocycles. The molecule has 0 aliphatic carbocycles. The van der Waals surface area contributed by atoms with Crippen LogP contribution in [0.5, 0.6) is 34.5 Å². The van der Waals surface area contributed by atoms with Crippen molar-refractivity contribution in [1.29, 1.82) is 0 Å². The van der Waals surface area contributed by atoms with E-state index in [2.05, 4.69) is 25.7 Å². The van der Waals surface area contributed by atoms with Crippen molar-refractivity contribution < 1.29 is 46.6 Å². The average molecular weight is 899 g/mol. The second-order valence-electron chi connectivity index (χ2n) is 13.7. The maximum atomic E-state index is 5.96. The fourth-order valence-corrected chi connectivity index (χ4v) is 6.43. The van der Waals surface area contributed by atoms with E-state index in [0.29, 0.717) is 42.0 Å². The number of hydrogen-bond acceptors (Lipinski definition) is 10. The lowest BCUT2D eigenvalue weighted by molar-refractivity contribution is -0.254. The van der Waals surface area contributed by atoms with E-state index in [-0.39, 0.29) is 12.4 Å². The third-order valence-corrected chi connectivity index (χ3v) is 9.65. The summed E-state index contributed by atoms with van der Waals surface area (Å²) in [6.07, 6.45) is 3.68. The van der Waals surface area contributed by atoms with Crippen LogP contribution in [0.4, 0.5) is 5.69 Å². The first-order chi connectivity index (χ1) is 30.9. The van der Waals surface area contributed by atoms with Gasteiger partial charge >= 0.3 is 0 Å². The molecule has 0 atom stereocenters. The fourth-order valence-electron chi connectivity index (χ4n) is 6.29. The zero-order chi connectivity index (χ0) is 44.2. The highest BCUT2D eigenvalue weighted by Crippen LogP contribution is 2.32. The summed E-state index contributed by atoms with van der Waals surface area (Å²) >= 11 is 5.80. The molecular formula is C51H49Cl2N5O6. The summed E-state index contributed by atoms with van der Waals surface area (Å²) in [5.41, 5.74) is 12.4. The fraction of sp³-hybridized carbons (Fsp3) is 0.137. The van der Waals surface area contributed by atoms with Crippen molar-refractivity contribution in [3.8, 4) is 57.0 Å². The van der Waals surface area contributed by atoms with Gasteiger partial charge in [-0.05, 0) is 65.2 Å². The molecule has 0 saturated heterocycles. The highest BCUT2D eigenvalue weighted by Gasteiger charge is 2.12. The van der Waals surface area contributed by atoms with Crippen LogP contribution in [-0.2, 0) is 19.6 Å². The highest BCUT2D eigenvalue weighted by atomic mass is 35.5. The molecule has 0 radical (unpaired) electrons. The number of hydrogen-bond donors (Lipinski definition) is 1. The van der Waals surface area contributed by atoms with Gasteiger partial charge in [-0.2, -0.15) is 0 Å². The van der Waals surface area contributed by atoms with Gasteiger partial charge in [0, 0.05) is 41.4 Å². The van der Waals surface area contributed by atoms with Gasteiger partial charge in [-0.3, -0.25) is 0 Å². The van der Waals surface area contributed by atoms with Crippen LogP contribution in [0, 0.1) is 0 Å². The van der Waals surface area contributed by atoms with Crippen molar-refractivity contribution in [2.45, 2.75) is 19.6 Å². The normalized spacial score (nSPS) is 10.1. The quantitative estimate of drug-likeness (QED) is 0.111. The molecule has 0 fully saturated rings. The summed E-state index contributed by atoms with van der Waals surface area (Å²) in [5.74, 6) is 4.43. The second kappa shape index (κ2) is 25.1. The molecular weight excluding hydrogens is 849 g/mol. The number of ether oxygens (including phenoxy) is 6. The van der Waals surface area contributed by atoms with Crippen molar-refractivity contribution in [3.63, 3.8) is 0 Å². The van der Waals surface area contributed by atoms with Gasteiger partial charge < -0.3 is 46.6 Å². The van der Waals surface area contributed by atoms with Crippen LogP contribution in [-0.4, -0.2) is 48.4 Å². The van der Waals surface area contributed by atoms with Crippen molar-refractivity contribution in [2.24, 2.45) is 0 Å². The van der Waals surface area contributed by atoms with E-state index in [9.17, 15) is 0 Å². The maximum absolute atomic E-state index is 5.96. The number of halogens is 2. The number of nitrogens with zero attached hydrogens (tertiary/aromatic N) is 4. The van der Waals surface area contributed by atoms with E-state index in [1.807, 2.05) is 152 Å². The van der Waals surface area contributed by atoms with Crippen LogP contribution in [0.1, 0.15) is 22.4 Å². The van der Waals surface area contributed by atoms with E-state index in [1.165, 1.54) is 6.33 Å². The summed E-state index contributed by atoms with van der Waals surface area (Å²) in [4.78, 5) is 16.8. The lowest BCUT2D eigenvalue weighted by Crippen LogP contribution is -3.00. The number of methoxy groups -OCH3 is 4. The SMILES string of the molecule is COc1cc(Cc2cc(-c3ccccc3OC)ncn2)ccc1OCc1ccccc1.COc1cc([NH3+])ccc1OCc1ccccc1.COc1ccccc1-c1cc(Cl)ncn1.[Cl-]. The third kappa shape index (κ3) is 13.9. The van der Waals surface area contributed by atoms with E-state index in [1.54, 1.807) is 40.8 Å². The van der Waals surface area contributed by atoms with Gasteiger partial charge in [0.05, 0.1) is 39.8 Å². The van der Waals surface area contributed by atoms with E-state index in [4.69, 9.17) is 40.0 Å². The van der Waals surface area contributed by atoms with Gasteiger partial charge in [-0.1, -0.05) is 103 Å². The Morgan fingerprint density at radius 2 is 0.906 bits per heavy atom. The lowest BCUT2D eigenvalue weighted by Gasteiger charge is -2.13. The van der Waals surface area contributed by atoms with Crippen LogP contribution >= 0.6 is 11.6 Å². The number of para-hydroxylation sites is 2. The Kier molecular flexibility index (Phi) is 18.7. The first-order valence-electron chi connectivity index (χ1n) is 19.9. The van der Waals surface area contributed by atoms with Crippen LogP contribution in [0.3, 0.4) is 0 Å². The molecule has 0 amide bonds. The minimum Gasteiger partial charge on any atom is -1.00 e. The van der Waals surface area contributed by atoms with Crippen molar-refractivity contribution in [1.82, 2.24) is 19.9 Å². The maximum Gasteiger partial charge on any atom is 0.166 e. The smallest absolute Gasteiger partial charge is 0.166 e. The largest absolute Gasteiger partial charge is 1.00 e. The third-order valence-electron chi connectivity index (χ3n) is 9.44. The summed E-state index contributed by atoms with van der Waals surface area (Å²) in [7, 11) is 6.57.